The predicted molar refractivity (Wildman–Crippen MR) is 79.0 cm³/mol. The average Bonchev–Trinajstić information content (AvgIpc) is 2.37. The second-order valence-corrected chi connectivity index (χ2v) is 5.46. The highest BCUT2D eigenvalue weighted by Crippen LogP contribution is 2.21. The van der Waals surface area contributed by atoms with Crippen LogP contribution in [0.2, 0.25) is 5.02 Å². The number of amides is 1. The monoisotopic (exact) mass is 298 g/mol. The molecule has 0 fully saturated rings. The van der Waals surface area contributed by atoms with Crippen LogP contribution in [0.15, 0.2) is 18.2 Å². The molecule has 1 aromatic carbocycles. The Balaban J connectivity index is 2.84. The highest BCUT2D eigenvalue weighted by atomic mass is 35.5. The number of nitrogens with one attached hydrogen (secondary N) is 1. The van der Waals surface area contributed by atoms with Crippen LogP contribution in [0, 0.1) is 11.8 Å². The molecule has 5 nitrogen and oxygen atoms in total. The molecule has 0 aromatic heterocycles. The van der Waals surface area contributed by atoms with E-state index in [2.05, 4.69) is 5.32 Å². The van der Waals surface area contributed by atoms with Gasteiger partial charge in [-0.05, 0) is 30.5 Å². The molecule has 1 atom stereocenters. The van der Waals surface area contributed by atoms with Crippen LogP contribution in [-0.4, -0.2) is 23.5 Å². The zero-order chi connectivity index (χ0) is 15.3. The van der Waals surface area contributed by atoms with Gasteiger partial charge in [0.05, 0.1) is 16.5 Å². The van der Waals surface area contributed by atoms with Crippen molar-refractivity contribution < 1.29 is 14.7 Å². The Hall–Kier alpha value is -1.59. The van der Waals surface area contributed by atoms with Gasteiger partial charge in [-0.1, -0.05) is 25.4 Å². The van der Waals surface area contributed by atoms with E-state index in [-0.39, 0.29) is 29.0 Å². The number of carbonyl (C=O) groups excluding carboxylic acids is 1. The van der Waals surface area contributed by atoms with Crippen molar-refractivity contribution in [2.75, 3.05) is 11.9 Å². The number of hydrogen-bond donors (Lipinski definition) is 3. The fraction of sp³-hybridized carbons (Fsp3) is 0.429. The van der Waals surface area contributed by atoms with Gasteiger partial charge in [0.1, 0.15) is 0 Å². The van der Waals surface area contributed by atoms with E-state index in [4.69, 9.17) is 22.4 Å². The number of carboxylic acid groups (broad SMARTS) is 1. The van der Waals surface area contributed by atoms with Crippen molar-refractivity contribution in [1.82, 2.24) is 0 Å². The number of aromatic carboxylic acids is 1. The SMILES string of the molecule is CC(C)CC(CN)C(=O)Nc1ccc(Cl)c(C(=O)O)c1. The summed E-state index contributed by atoms with van der Waals surface area (Å²) in [5, 5.41) is 11.8. The van der Waals surface area contributed by atoms with Crippen molar-refractivity contribution in [3.05, 3.63) is 28.8 Å². The third-order valence-electron chi connectivity index (χ3n) is 2.88. The van der Waals surface area contributed by atoms with Gasteiger partial charge in [-0.2, -0.15) is 0 Å². The predicted octanol–water partition coefficient (Wildman–Crippen LogP) is 2.60. The summed E-state index contributed by atoms with van der Waals surface area (Å²) >= 11 is 5.77. The zero-order valence-corrected chi connectivity index (χ0v) is 12.3. The zero-order valence-electron chi connectivity index (χ0n) is 11.5. The fourth-order valence-corrected chi connectivity index (χ4v) is 2.09. The van der Waals surface area contributed by atoms with Crippen LogP contribution in [0.1, 0.15) is 30.6 Å². The molecule has 1 amide bonds. The lowest BCUT2D eigenvalue weighted by Crippen LogP contribution is -2.30. The Kier molecular flexibility index (Phi) is 5.98. The van der Waals surface area contributed by atoms with Crippen LogP contribution in [-0.2, 0) is 4.79 Å². The quantitative estimate of drug-likeness (QED) is 0.752. The molecule has 1 aromatic rings. The van der Waals surface area contributed by atoms with E-state index in [1.165, 1.54) is 12.1 Å². The van der Waals surface area contributed by atoms with Crippen molar-refractivity contribution >= 4 is 29.2 Å². The highest BCUT2D eigenvalue weighted by Gasteiger charge is 2.19. The Bertz CT molecular complexity index is 503. The summed E-state index contributed by atoms with van der Waals surface area (Å²) in [6, 6.07) is 4.35. The van der Waals surface area contributed by atoms with Crippen molar-refractivity contribution in [3.63, 3.8) is 0 Å². The number of carboxylic acids is 1. The van der Waals surface area contributed by atoms with Crippen LogP contribution in [0.25, 0.3) is 0 Å². The number of hydrogen-bond acceptors (Lipinski definition) is 3. The Labute approximate surface area is 123 Å². The molecule has 1 unspecified atom stereocenters. The first-order valence-corrected chi connectivity index (χ1v) is 6.76. The Morgan fingerprint density at radius 1 is 1.40 bits per heavy atom. The minimum absolute atomic E-state index is 0.0439. The molecule has 1 rings (SSSR count). The molecule has 20 heavy (non-hydrogen) atoms. The van der Waals surface area contributed by atoms with Crippen LogP contribution in [0.3, 0.4) is 0 Å². The maximum absolute atomic E-state index is 12.1. The number of halogens is 1. The molecular weight excluding hydrogens is 280 g/mol. The maximum atomic E-state index is 12.1. The molecule has 0 radical (unpaired) electrons. The van der Waals surface area contributed by atoms with E-state index in [1.54, 1.807) is 6.07 Å². The van der Waals surface area contributed by atoms with Gasteiger partial charge in [0.15, 0.2) is 0 Å². The Morgan fingerprint density at radius 2 is 2.05 bits per heavy atom. The van der Waals surface area contributed by atoms with Crippen molar-refractivity contribution in [1.29, 1.82) is 0 Å². The lowest BCUT2D eigenvalue weighted by atomic mass is 9.96. The van der Waals surface area contributed by atoms with Gasteiger partial charge >= 0.3 is 5.97 Å². The second kappa shape index (κ2) is 7.26. The molecule has 0 aliphatic heterocycles. The van der Waals surface area contributed by atoms with Crippen molar-refractivity contribution in [3.8, 4) is 0 Å². The van der Waals surface area contributed by atoms with Crippen molar-refractivity contribution in [2.24, 2.45) is 17.6 Å². The van der Waals surface area contributed by atoms with Gasteiger partial charge in [0.2, 0.25) is 5.91 Å². The second-order valence-electron chi connectivity index (χ2n) is 5.05. The molecular formula is C14H19ClN2O3. The van der Waals surface area contributed by atoms with Crippen LogP contribution in [0.4, 0.5) is 5.69 Å². The molecule has 0 saturated carbocycles. The number of carbonyl (C=O) groups is 2. The number of nitrogens with two attached hydrogens (primary N) is 1. The molecule has 0 aliphatic rings. The van der Waals surface area contributed by atoms with E-state index >= 15 is 0 Å². The normalized spacial score (nSPS) is 12.2. The van der Waals surface area contributed by atoms with Crippen LogP contribution >= 0.6 is 11.6 Å². The number of anilines is 1. The van der Waals surface area contributed by atoms with E-state index in [9.17, 15) is 9.59 Å². The highest BCUT2D eigenvalue weighted by molar-refractivity contribution is 6.33. The molecule has 0 spiro atoms. The smallest absolute Gasteiger partial charge is 0.337 e. The molecule has 6 heteroatoms. The largest absolute Gasteiger partial charge is 0.478 e. The number of benzene rings is 1. The lowest BCUT2D eigenvalue weighted by Gasteiger charge is -2.17. The van der Waals surface area contributed by atoms with E-state index in [0.717, 1.165) is 0 Å². The molecule has 110 valence electrons. The van der Waals surface area contributed by atoms with Gasteiger partial charge < -0.3 is 16.2 Å². The van der Waals surface area contributed by atoms with Gasteiger partial charge in [-0.15, -0.1) is 0 Å². The van der Waals surface area contributed by atoms with E-state index < -0.39 is 5.97 Å². The van der Waals surface area contributed by atoms with E-state index in [1.807, 2.05) is 13.8 Å². The first-order chi connectivity index (χ1) is 9.35. The minimum atomic E-state index is -1.14. The maximum Gasteiger partial charge on any atom is 0.337 e. The van der Waals surface area contributed by atoms with Gasteiger partial charge in [0.25, 0.3) is 0 Å². The minimum Gasteiger partial charge on any atom is -0.478 e. The summed E-state index contributed by atoms with van der Waals surface area (Å²) in [4.78, 5) is 23.1. The molecule has 0 saturated heterocycles. The molecule has 0 heterocycles. The summed E-state index contributed by atoms with van der Waals surface area (Å²) in [5.74, 6) is -1.28. The summed E-state index contributed by atoms with van der Waals surface area (Å²) < 4.78 is 0. The van der Waals surface area contributed by atoms with E-state index in [0.29, 0.717) is 18.0 Å². The summed E-state index contributed by atoms with van der Waals surface area (Å²) in [6.07, 6.45) is 0.682. The third-order valence-corrected chi connectivity index (χ3v) is 3.21. The number of rotatable bonds is 6. The van der Waals surface area contributed by atoms with Gasteiger partial charge in [-0.25, -0.2) is 4.79 Å². The Morgan fingerprint density at radius 3 is 2.55 bits per heavy atom. The fourth-order valence-electron chi connectivity index (χ4n) is 1.89. The van der Waals surface area contributed by atoms with Crippen LogP contribution < -0.4 is 11.1 Å². The third kappa shape index (κ3) is 4.51. The summed E-state index contributed by atoms with van der Waals surface area (Å²) in [5.41, 5.74) is 5.96. The van der Waals surface area contributed by atoms with Crippen LogP contribution in [0.5, 0.6) is 0 Å². The topological polar surface area (TPSA) is 92.4 Å². The van der Waals surface area contributed by atoms with Gasteiger partial charge in [0, 0.05) is 12.2 Å². The first-order valence-electron chi connectivity index (χ1n) is 6.39. The standard InChI is InChI=1S/C14H19ClN2O3/c1-8(2)5-9(7-16)13(18)17-10-3-4-12(15)11(6-10)14(19)20/h3-4,6,8-9H,5,7,16H2,1-2H3,(H,17,18)(H,19,20). The van der Waals surface area contributed by atoms with Crippen molar-refractivity contribution in [2.45, 2.75) is 20.3 Å². The summed E-state index contributed by atoms with van der Waals surface area (Å²) in [7, 11) is 0. The summed E-state index contributed by atoms with van der Waals surface area (Å²) in [6.45, 7) is 4.28. The lowest BCUT2D eigenvalue weighted by molar-refractivity contribution is -0.120. The average molecular weight is 299 g/mol. The first kappa shape index (κ1) is 16.5. The molecule has 0 bridgehead atoms. The van der Waals surface area contributed by atoms with Gasteiger partial charge in [-0.3, -0.25) is 4.79 Å². The molecule has 0 aliphatic carbocycles. The molecule has 4 N–H and O–H groups in total.